The van der Waals surface area contributed by atoms with Gasteiger partial charge in [-0.25, -0.2) is 0 Å². The van der Waals surface area contributed by atoms with Gasteiger partial charge in [0.2, 0.25) is 0 Å². The van der Waals surface area contributed by atoms with Crippen LogP contribution in [0.15, 0.2) is 30.3 Å². The van der Waals surface area contributed by atoms with Crippen LogP contribution in [0.3, 0.4) is 0 Å². The van der Waals surface area contributed by atoms with Gasteiger partial charge in [0.05, 0.1) is 6.42 Å². The maximum absolute atomic E-state index is 10.9. The van der Waals surface area contributed by atoms with Crippen molar-refractivity contribution in [2.75, 3.05) is 0 Å². The Hall–Kier alpha value is -1.84. The normalized spacial score (nSPS) is 13.9. The van der Waals surface area contributed by atoms with E-state index in [4.69, 9.17) is 10.2 Å². The number of benzene rings is 1. The number of hydrogen-bond acceptors (Lipinski definition) is 2. The second kappa shape index (κ2) is 5.48. The van der Waals surface area contributed by atoms with E-state index in [1.54, 1.807) is 6.92 Å². The molecule has 1 aromatic rings. The van der Waals surface area contributed by atoms with Gasteiger partial charge in [-0.1, -0.05) is 37.3 Å². The molecule has 0 spiro atoms. The van der Waals surface area contributed by atoms with E-state index in [9.17, 15) is 9.59 Å². The monoisotopic (exact) mass is 236 g/mol. The maximum Gasteiger partial charge on any atom is 0.304 e. The molecule has 1 atom stereocenters. The lowest BCUT2D eigenvalue weighted by Gasteiger charge is -2.28. The molecule has 0 heterocycles. The lowest BCUT2D eigenvalue weighted by Crippen LogP contribution is -2.26. The van der Waals surface area contributed by atoms with Gasteiger partial charge in [0, 0.05) is 11.8 Å². The third kappa shape index (κ3) is 3.90. The highest BCUT2D eigenvalue weighted by Crippen LogP contribution is 2.32. The van der Waals surface area contributed by atoms with E-state index in [0.29, 0.717) is 6.42 Å². The van der Waals surface area contributed by atoms with Gasteiger partial charge in [0.15, 0.2) is 0 Å². The van der Waals surface area contributed by atoms with Crippen molar-refractivity contribution in [2.24, 2.45) is 0 Å². The van der Waals surface area contributed by atoms with Gasteiger partial charge in [-0.05, 0) is 12.0 Å². The van der Waals surface area contributed by atoms with Gasteiger partial charge >= 0.3 is 11.9 Å². The highest BCUT2D eigenvalue weighted by molar-refractivity contribution is 5.70. The van der Waals surface area contributed by atoms with E-state index < -0.39 is 17.4 Å². The molecular weight excluding hydrogens is 220 g/mol. The van der Waals surface area contributed by atoms with Crippen LogP contribution in [0.25, 0.3) is 0 Å². The highest BCUT2D eigenvalue weighted by Gasteiger charge is 2.29. The fourth-order valence-corrected chi connectivity index (χ4v) is 1.89. The van der Waals surface area contributed by atoms with Crippen LogP contribution >= 0.6 is 0 Å². The first-order valence-electron chi connectivity index (χ1n) is 5.43. The quantitative estimate of drug-likeness (QED) is 0.794. The minimum Gasteiger partial charge on any atom is -0.481 e. The molecule has 17 heavy (non-hydrogen) atoms. The van der Waals surface area contributed by atoms with Crippen molar-refractivity contribution < 1.29 is 19.8 Å². The molecule has 1 unspecified atom stereocenters. The molecular formula is C13H16O4. The van der Waals surface area contributed by atoms with E-state index in [2.05, 4.69) is 0 Å². The van der Waals surface area contributed by atoms with Gasteiger partial charge in [-0.3, -0.25) is 9.59 Å². The molecule has 0 fully saturated rings. The van der Waals surface area contributed by atoms with Crippen molar-refractivity contribution in [2.45, 2.75) is 31.6 Å². The van der Waals surface area contributed by atoms with Crippen LogP contribution in [-0.4, -0.2) is 22.2 Å². The summed E-state index contributed by atoms with van der Waals surface area (Å²) in [5.74, 6) is -1.82. The van der Waals surface area contributed by atoms with Crippen molar-refractivity contribution in [3.8, 4) is 0 Å². The Morgan fingerprint density at radius 3 is 2.18 bits per heavy atom. The summed E-state index contributed by atoms with van der Waals surface area (Å²) in [5, 5.41) is 17.6. The van der Waals surface area contributed by atoms with Gasteiger partial charge in [-0.2, -0.15) is 0 Å². The van der Waals surface area contributed by atoms with Crippen LogP contribution in [0.4, 0.5) is 0 Å². The SMILES string of the molecule is CC(CCC(=O)O)(CC(=O)O)c1ccccc1. The Morgan fingerprint density at radius 1 is 1.12 bits per heavy atom. The molecule has 1 rings (SSSR count). The van der Waals surface area contributed by atoms with Crippen LogP contribution < -0.4 is 0 Å². The van der Waals surface area contributed by atoms with Crippen LogP contribution in [-0.2, 0) is 15.0 Å². The molecule has 0 saturated heterocycles. The molecule has 0 radical (unpaired) electrons. The van der Waals surface area contributed by atoms with Crippen molar-refractivity contribution in [1.29, 1.82) is 0 Å². The molecule has 0 aliphatic rings. The summed E-state index contributed by atoms with van der Waals surface area (Å²) in [4.78, 5) is 21.5. The predicted octanol–water partition coefficient (Wildman–Crippen LogP) is 2.28. The Balaban J connectivity index is 2.93. The third-order valence-electron chi connectivity index (χ3n) is 2.90. The Labute approximate surface area is 99.9 Å². The first-order chi connectivity index (χ1) is 7.94. The molecule has 0 saturated carbocycles. The molecule has 1 aromatic carbocycles. The highest BCUT2D eigenvalue weighted by atomic mass is 16.4. The second-order valence-corrected chi connectivity index (χ2v) is 4.39. The maximum atomic E-state index is 10.9. The zero-order valence-electron chi connectivity index (χ0n) is 9.72. The summed E-state index contributed by atoms with van der Waals surface area (Å²) in [7, 11) is 0. The summed E-state index contributed by atoms with van der Waals surface area (Å²) >= 11 is 0. The first kappa shape index (κ1) is 13.2. The fraction of sp³-hybridized carbons (Fsp3) is 0.385. The first-order valence-corrected chi connectivity index (χ1v) is 5.43. The summed E-state index contributed by atoms with van der Waals surface area (Å²) in [6.07, 6.45) is 0.224. The van der Waals surface area contributed by atoms with Crippen molar-refractivity contribution in [3.63, 3.8) is 0 Å². The van der Waals surface area contributed by atoms with Crippen LogP contribution in [0.1, 0.15) is 31.7 Å². The average Bonchev–Trinajstić information content (AvgIpc) is 2.27. The minimum atomic E-state index is -0.915. The number of carboxylic acid groups (broad SMARTS) is 2. The molecule has 0 aliphatic carbocycles. The Kier molecular flexibility index (Phi) is 4.26. The minimum absolute atomic E-state index is 0.0291. The van der Waals surface area contributed by atoms with Crippen molar-refractivity contribution in [3.05, 3.63) is 35.9 Å². The number of aliphatic carboxylic acids is 2. The van der Waals surface area contributed by atoms with E-state index in [0.717, 1.165) is 5.56 Å². The number of rotatable bonds is 6. The largest absolute Gasteiger partial charge is 0.481 e. The smallest absolute Gasteiger partial charge is 0.304 e. The van der Waals surface area contributed by atoms with Crippen LogP contribution in [0.5, 0.6) is 0 Å². The fourth-order valence-electron chi connectivity index (χ4n) is 1.89. The summed E-state index contributed by atoms with van der Waals surface area (Å²) in [5.41, 5.74) is 0.231. The van der Waals surface area contributed by atoms with E-state index >= 15 is 0 Å². The van der Waals surface area contributed by atoms with E-state index in [1.807, 2.05) is 30.3 Å². The molecule has 92 valence electrons. The van der Waals surface area contributed by atoms with Gasteiger partial charge in [-0.15, -0.1) is 0 Å². The summed E-state index contributed by atoms with van der Waals surface area (Å²) < 4.78 is 0. The third-order valence-corrected chi connectivity index (χ3v) is 2.90. The van der Waals surface area contributed by atoms with Crippen LogP contribution in [0, 0.1) is 0 Å². The predicted molar refractivity (Wildman–Crippen MR) is 62.9 cm³/mol. The van der Waals surface area contributed by atoms with Crippen molar-refractivity contribution in [1.82, 2.24) is 0 Å². The molecule has 0 bridgehead atoms. The molecule has 0 amide bonds. The molecule has 4 heteroatoms. The van der Waals surface area contributed by atoms with Crippen molar-refractivity contribution >= 4 is 11.9 Å². The summed E-state index contributed by atoms with van der Waals surface area (Å²) in [6.45, 7) is 1.79. The second-order valence-electron chi connectivity index (χ2n) is 4.39. The number of carboxylic acids is 2. The zero-order chi connectivity index (χ0) is 12.9. The Morgan fingerprint density at radius 2 is 1.71 bits per heavy atom. The average molecular weight is 236 g/mol. The summed E-state index contributed by atoms with van der Waals surface area (Å²) in [6, 6.07) is 9.18. The molecule has 2 N–H and O–H groups in total. The molecule has 0 aliphatic heterocycles. The Bertz CT molecular complexity index is 399. The van der Waals surface area contributed by atoms with E-state index in [1.165, 1.54) is 0 Å². The number of hydrogen-bond donors (Lipinski definition) is 2. The van der Waals surface area contributed by atoms with Gasteiger partial charge in [0.25, 0.3) is 0 Å². The lowest BCUT2D eigenvalue weighted by atomic mass is 9.76. The molecule has 4 nitrogen and oxygen atoms in total. The number of carbonyl (C=O) groups is 2. The van der Waals surface area contributed by atoms with Crippen LogP contribution in [0.2, 0.25) is 0 Å². The lowest BCUT2D eigenvalue weighted by molar-refractivity contribution is -0.140. The standard InChI is InChI=1S/C13H16O4/c1-13(9-12(16)17,8-7-11(14)15)10-5-3-2-4-6-10/h2-6H,7-9H2,1H3,(H,14,15)(H,16,17). The topological polar surface area (TPSA) is 74.6 Å². The van der Waals surface area contributed by atoms with Gasteiger partial charge < -0.3 is 10.2 Å². The van der Waals surface area contributed by atoms with E-state index in [-0.39, 0.29) is 12.8 Å². The van der Waals surface area contributed by atoms with Gasteiger partial charge in [0.1, 0.15) is 0 Å². The zero-order valence-corrected chi connectivity index (χ0v) is 9.72. The molecule has 0 aromatic heterocycles.